The number of nitrogens with zero attached hydrogens (tertiary/aromatic N) is 2. The summed E-state index contributed by atoms with van der Waals surface area (Å²) in [7, 11) is 0. The van der Waals surface area contributed by atoms with Crippen LogP contribution in [0.4, 0.5) is 17.1 Å². The summed E-state index contributed by atoms with van der Waals surface area (Å²) < 4.78 is 12.9. The lowest BCUT2D eigenvalue weighted by molar-refractivity contribution is 0.590. The molecular weight excluding hydrogens is 576 g/mol. The molecule has 0 atom stereocenters. The molecule has 0 radical (unpaired) electrons. The molecule has 0 aliphatic heterocycles. The van der Waals surface area contributed by atoms with Gasteiger partial charge in [-0.15, -0.1) is 0 Å². The molecule has 0 N–H and O–H groups in total. The second kappa shape index (κ2) is 10.1. The molecule has 0 bridgehead atoms. The molecule has 0 fully saturated rings. The average Bonchev–Trinajstić information content (AvgIpc) is 3.82. The summed E-state index contributed by atoms with van der Waals surface area (Å²) in [5.41, 5.74) is 11.2. The first kappa shape index (κ1) is 25.9. The molecule has 9 aromatic rings. The molecule has 2 aromatic heterocycles. The normalized spacial score (nSPS) is 11.8. The number of para-hydroxylation sites is 1. The van der Waals surface area contributed by atoms with E-state index in [2.05, 4.69) is 114 Å². The number of benzene rings is 7. The lowest BCUT2D eigenvalue weighted by atomic mass is 10.0. The number of fused-ring (bicyclic) bond motifs is 6. The van der Waals surface area contributed by atoms with Gasteiger partial charge in [0.2, 0.25) is 5.89 Å². The van der Waals surface area contributed by atoms with Gasteiger partial charge in [-0.05, 0) is 71.1 Å². The second-order valence-electron chi connectivity index (χ2n) is 12.0. The molecule has 4 nitrogen and oxygen atoms in total. The maximum atomic E-state index is 6.54. The van der Waals surface area contributed by atoms with E-state index in [-0.39, 0.29) is 0 Å². The van der Waals surface area contributed by atoms with Crippen LogP contribution in [0.3, 0.4) is 0 Å². The molecule has 2 heterocycles. The van der Waals surface area contributed by atoms with Crippen LogP contribution in [0.5, 0.6) is 0 Å². The van der Waals surface area contributed by atoms with Crippen molar-refractivity contribution in [3.63, 3.8) is 0 Å². The van der Waals surface area contributed by atoms with Crippen molar-refractivity contribution < 1.29 is 8.83 Å². The van der Waals surface area contributed by atoms with E-state index in [0.717, 1.165) is 72.5 Å². The molecule has 0 saturated carbocycles. The third kappa shape index (κ3) is 4.05. The Bertz CT molecular complexity index is 2620. The minimum absolute atomic E-state index is 0.632. The van der Waals surface area contributed by atoms with Gasteiger partial charge in [0, 0.05) is 56.0 Å². The number of hydrogen-bond donors (Lipinski definition) is 0. The topological polar surface area (TPSA) is 42.4 Å². The smallest absolute Gasteiger partial charge is 0.227 e. The van der Waals surface area contributed by atoms with Gasteiger partial charge in [-0.2, -0.15) is 0 Å². The molecule has 1 aliphatic carbocycles. The Morgan fingerprint density at radius 1 is 0.447 bits per heavy atom. The minimum Gasteiger partial charge on any atom is -0.456 e. The predicted octanol–water partition coefficient (Wildman–Crippen LogP) is 12.2. The summed E-state index contributed by atoms with van der Waals surface area (Å²) in [4.78, 5) is 7.29. The van der Waals surface area contributed by atoms with Crippen LogP contribution in [0.2, 0.25) is 0 Å². The summed E-state index contributed by atoms with van der Waals surface area (Å²) in [5.74, 6) is 1.44. The average molecular weight is 603 g/mol. The van der Waals surface area contributed by atoms with E-state index in [1.54, 1.807) is 0 Å². The van der Waals surface area contributed by atoms with E-state index in [4.69, 9.17) is 13.8 Å². The zero-order valence-electron chi connectivity index (χ0n) is 25.2. The van der Waals surface area contributed by atoms with E-state index in [1.807, 2.05) is 48.5 Å². The lowest BCUT2D eigenvalue weighted by Gasteiger charge is -2.26. The number of anilines is 3. The van der Waals surface area contributed by atoms with Crippen molar-refractivity contribution >= 4 is 49.8 Å². The van der Waals surface area contributed by atoms with Gasteiger partial charge in [0.15, 0.2) is 5.76 Å². The Labute approximate surface area is 270 Å². The summed E-state index contributed by atoms with van der Waals surface area (Å²) in [6.45, 7) is 0. The van der Waals surface area contributed by atoms with E-state index >= 15 is 0 Å². The second-order valence-corrected chi connectivity index (χ2v) is 12.0. The van der Waals surface area contributed by atoms with Crippen LogP contribution in [0.1, 0.15) is 0 Å². The summed E-state index contributed by atoms with van der Waals surface area (Å²) in [6.07, 6.45) is 0. The Balaban J connectivity index is 1.17. The zero-order valence-corrected chi connectivity index (χ0v) is 25.2. The standard InChI is InChI=1S/C43H26N2O2/c1-3-10-27(11-4-1)28-18-20-31(21-19-28)45(32-22-23-35-34-15-7-8-17-38(34)46-39(35)26-32)33-24-30-14-9-16-36-40(30)37(25-33)42-41(36)44-43(47-42)29-12-5-2-6-13-29/h1-26H. The summed E-state index contributed by atoms with van der Waals surface area (Å²) >= 11 is 0. The van der Waals surface area contributed by atoms with Crippen molar-refractivity contribution in [3.05, 3.63) is 158 Å². The number of rotatable bonds is 5. The fraction of sp³-hybridized carbons (Fsp3) is 0. The van der Waals surface area contributed by atoms with E-state index in [0.29, 0.717) is 5.89 Å². The van der Waals surface area contributed by atoms with Gasteiger partial charge in [0.05, 0.1) is 0 Å². The van der Waals surface area contributed by atoms with Crippen molar-refractivity contribution in [2.24, 2.45) is 0 Å². The van der Waals surface area contributed by atoms with Crippen molar-refractivity contribution in [2.75, 3.05) is 4.90 Å². The molecule has 7 aromatic carbocycles. The van der Waals surface area contributed by atoms with Gasteiger partial charge in [-0.3, -0.25) is 0 Å². The molecule has 1 aliphatic rings. The molecule has 0 amide bonds. The first-order valence-electron chi connectivity index (χ1n) is 15.8. The summed E-state index contributed by atoms with van der Waals surface area (Å²) in [5, 5.41) is 4.53. The number of aromatic nitrogens is 1. The molecule has 0 unspecified atom stereocenters. The molecule has 4 heteroatoms. The van der Waals surface area contributed by atoms with Gasteiger partial charge >= 0.3 is 0 Å². The molecular formula is C43H26N2O2. The SMILES string of the molecule is c1ccc(-c2ccc(N(c3cc4c5c(cccc5c3)-c3nc(-c5ccccc5)oc3-4)c3ccc4c(c3)oc3ccccc34)cc2)cc1. The van der Waals surface area contributed by atoms with E-state index in [9.17, 15) is 0 Å². The lowest BCUT2D eigenvalue weighted by Crippen LogP contribution is -2.10. The fourth-order valence-electron chi connectivity index (χ4n) is 7.04. The van der Waals surface area contributed by atoms with Crippen molar-refractivity contribution in [1.82, 2.24) is 4.98 Å². The summed E-state index contributed by atoms with van der Waals surface area (Å²) in [6, 6.07) is 55.0. The van der Waals surface area contributed by atoms with Crippen LogP contribution in [0.25, 0.3) is 77.9 Å². The molecule has 47 heavy (non-hydrogen) atoms. The van der Waals surface area contributed by atoms with Gasteiger partial charge in [0.25, 0.3) is 0 Å². The van der Waals surface area contributed by atoms with Gasteiger partial charge in [0.1, 0.15) is 16.9 Å². The number of oxazole rings is 1. The highest BCUT2D eigenvalue weighted by atomic mass is 16.4. The predicted molar refractivity (Wildman–Crippen MR) is 191 cm³/mol. The van der Waals surface area contributed by atoms with E-state index < -0.39 is 0 Å². The minimum atomic E-state index is 0.632. The Morgan fingerprint density at radius 3 is 1.98 bits per heavy atom. The third-order valence-corrected chi connectivity index (χ3v) is 9.22. The zero-order chi connectivity index (χ0) is 30.9. The maximum Gasteiger partial charge on any atom is 0.227 e. The third-order valence-electron chi connectivity index (χ3n) is 9.22. The van der Waals surface area contributed by atoms with Crippen LogP contribution < -0.4 is 4.90 Å². The monoisotopic (exact) mass is 602 g/mol. The van der Waals surface area contributed by atoms with Crippen molar-refractivity contribution in [1.29, 1.82) is 0 Å². The highest BCUT2D eigenvalue weighted by Gasteiger charge is 2.29. The maximum absolute atomic E-state index is 6.54. The Hall–Kier alpha value is -6.39. The molecule has 0 saturated heterocycles. The van der Waals surface area contributed by atoms with Crippen LogP contribution in [0.15, 0.2) is 167 Å². The fourth-order valence-corrected chi connectivity index (χ4v) is 7.04. The highest BCUT2D eigenvalue weighted by molar-refractivity contribution is 6.15. The van der Waals surface area contributed by atoms with Crippen molar-refractivity contribution in [2.45, 2.75) is 0 Å². The Kier molecular flexibility index (Phi) is 5.54. The number of furan rings is 1. The van der Waals surface area contributed by atoms with Crippen molar-refractivity contribution in [3.8, 4) is 45.2 Å². The molecule has 0 spiro atoms. The van der Waals surface area contributed by atoms with Gasteiger partial charge < -0.3 is 13.7 Å². The first-order valence-corrected chi connectivity index (χ1v) is 15.8. The van der Waals surface area contributed by atoms with Crippen LogP contribution in [0, 0.1) is 0 Å². The van der Waals surface area contributed by atoms with Gasteiger partial charge in [-0.25, -0.2) is 4.98 Å². The van der Waals surface area contributed by atoms with Crippen LogP contribution in [-0.4, -0.2) is 4.98 Å². The largest absolute Gasteiger partial charge is 0.456 e. The molecule has 220 valence electrons. The van der Waals surface area contributed by atoms with Crippen LogP contribution in [-0.2, 0) is 0 Å². The first-order chi connectivity index (χ1) is 23.3. The van der Waals surface area contributed by atoms with E-state index in [1.165, 1.54) is 16.5 Å². The van der Waals surface area contributed by atoms with Crippen LogP contribution >= 0.6 is 0 Å². The molecule has 10 rings (SSSR count). The number of hydrogen-bond acceptors (Lipinski definition) is 4. The van der Waals surface area contributed by atoms with Gasteiger partial charge in [-0.1, -0.05) is 97.1 Å². The quantitative estimate of drug-likeness (QED) is 0.197. The highest BCUT2D eigenvalue weighted by Crippen LogP contribution is 2.51. The Morgan fingerprint density at radius 2 is 1.15 bits per heavy atom.